The van der Waals surface area contributed by atoms with E-state index in [1.807, 2.05) is 24.3 Å². The Morgan fingerprint density at radius 1 is 1.39 bits per heavy atom. The second-order valence-electron chi connectivity index (χ2n) is 5.98. The molecule has 2 N–H and O–H groups in total. The van der Waals surface area contributed by atoms with Crippen LogP contribution < -0.4 is 11.1 Å². The third-order valence-electron chi connectivity index (χ3n) is 4.26. The lowest BCUT2D eigenvalue weighted by atomic mass is 9.82. The lowest BCUT2D eigenvalue weighted by Gasteiger charge is -2.30. The first kappa shape index (κ1) is 15.8. The molecule has 8 heteroatoms. The zero-order valence-corrected chi connectivity index (χ0v) is 13.6. The number of aromatic nitrogens is 2. The third-order valence-corrected chi connectivity index (χ3v) is 5.74. The van der Waals surface area contributed by atoms with Gasteiger partial charge in [0, 0.05) is 12.8 Å². The molecule has 0 spiro atoms. The Morgan fingerprint density at radius 2 is 2.17 bits per heavy atom. The van der Waals surface area contributed by atoms with Crippen molar-refractivity contribution in [3.8, 4) is 0 Å². The summed E-state index contributed by atoms with van der Waals surface area (Å²) in [6.45, 7) is 0.589. The quantitative estimate of drug-likeness (QED) is 0.857. The van der Waals surface area contributed by atoms with E-state index in [2.05, 4.69) is 20.0 Å². The number of H-pyrrole nitrogens is 1. The van der Waals surface area contributed by atoms with Crippen LogP contribution in [0.4, 0.5) is 5.95 Å². The molecule has 1 aliphatic carbocycles. The Bertz CT molecular complexity index is 840. The van der Waals surface area contributed by atoms with Gasteiger partial charge in [0.1, 0.15) is 0 Å². The molecule has 0 radical (unpaired) electrons. The smallest absolute Gasteiger partial charge is 0.353 e. The summed E-state index contributed by atoms with van der Waals surface area (Å²) in [5, 5.41) is 6.08. The molecule has 2 aromatic rings. The van der Waals surface area contributed by atoms with E-state index < -0.39 is 20.8 Å². The Balaban J connectivity index is 1.69. The van der Waals surface area contributed by atoms with E-state index in [9.17, 15) is 13.2 Å². The van der Waals surface area contributed by atoms with Crippen molar-refractivity contribution in [2.24, 2.45) is 5.92 Å². The van der Waals surface area contributed by atoms with Crippen LogP contribution in [-0.2, 0) is 16.3 Å². The monoisotopic (exact) mass is 337 g/mol. The van der Waals surface area contributed by atoms with Crippen LogP contribution >= 0.6 is 0 Å². The highest BCUT2D eigenvalue weighted by Crippen LogP contribution is 2.39. The number of rotatable bonds is 5. The average molecular weight is 337 g/mol. The summed E-state index contributed by atoms with van der Waals surface area (Å²) in [6.07, 6.45) is 3.57. The van der Waals surface area contributed by atoms with Gasteiger partial charge < -0.3 is 5.32 Å². The summed E-state index contributed by atoms with van der Waals surface area (Å²) in [5.41, 5.74) is 2.04. The van der Waals surface area contributed by atoms with Crippen LogP contribution in [0.15, 0.2) is 33.6 Å². The Labute approximate surface area is 134 Å². The number of anilines is 1. The Kier molecular flexibility index (Phi) is 4.25. The minimum atomic E-state index is -3.14. The topological polar surface area (TPSA) is 105 Å². The fourth-order valence-corrected chi connectivity index (χ4v) is 4.50. The summed E-state index contributed by atoms with van der Waals surface area (Å²) in [6, 6.07) is 7.75. The number of nitrogens with one attached hydrogen (secondary N) is 2. The van der Waals surface area contributed by atoms with Gasteiger partial charge in [0.05, 0.1) is 5.25 Å². The van der Waals surface area contributed by atoms with Crippen molar-refractivity contribution in [3.05, 3.63) is 45.9 Å². The van der Waals surface area contributed by atoms with Crippen LogP contribution in [0.5, 0.6) is 0 Å². The zero-order chi connectivity index (χ0) is 16.4. The number of hydrogen-bond donors (Lipinski definition) is 2. The van der Waals surface area contributed by atoms with Gasteiger partial charge in [0.2, 0.25) is 5.95 Å². The molecule has 0 bridgehead atoms. The fraction of sp³-hybridized carbons (Fsp3) is 0.467. The highest BCUT2D eigenvalue weighted by atomic mass is 32.2. The van der Waals surface area contributed by atoms with E-state index in [1.165, 1.54) is 6.26 Å². The number of aromatic amines is 1. The first-order valence-corrected chi connectivity index (χ1v) is 9.45. The van der Waals surface area contributed by atoms with Crippen molar-refractivity contribution < 1.29 is 12.9 Å². The molecular formula is C15H19N3O4S. The Hall–Kier alpha value is -2.09. The van der Waals surface area contributed by atoms with Gasteiger partial charge in [-0.25, -0.2) is 13.2 Å². The summed E-state index contributed by atoms with van der Waals surface area (Å²) in [5.74, 6) is -0.0437. The number of benzene rings is 1. The molecule has 1 aliphatic rings. The summed E-state index contributed by atoms with van der Waals surface area (Å²) in [4.78, 5) is 13.3. The van der Waals surface area contributed by atoms with Crippen molar-refractivity contribution in [3.63, 3.8) is 0 Å². The maximum Gasteiger partial charge on any atom is 0.440 e. The van der Waals surface area contributed by atoms with Crippen molar-refractivity contribution in [1.82, 2.24) is 10.1 Å². The van der Waals surface area contributed by atoms with Crippen LogP contribution in [0.2, 0.25) is 0 Å². The highest BCUT2D eigenvalue weighted by molar-refractivity contribution is 7.90. The molecule has 0 saturated carbocycles. The summed E-state index contributed by atoms with van der Waals surface area (Å²) < 4.78 is 28.6. The highest BCUT2D eigenvalue weighted by Gasteiger charge is 2.32. The van der Waals surface area contributed by atoms with E-state index in [1.54, 1.807) is 0 Å². The fourth-order valence-electron chi connectivity index (χ4n) is 3.18. The predicted molar refractivity (Wildman–Crippen MR) is 86.1 cm³/mol. The molecule has 1 unspecified atom stereocenters. The zero-order valence-electron chi connectivity index (χ0n) is 12.8. The van der Waals surface area contributed by atoms with Crippen molar-refractivity contribution in [1.29, 1.82) is 0 Å². The molecule has 2 atom stereocenters. The molecular weight excluding hydrogens is 318 g/mol. The van der Waals surface area contributed by atoms with Gasteiger partial charge in [-0.15, -0.1) is 0 Å². The molecule has 7 nitrogen and oxygen atoms in total. The maximum absolute atomic E-state index is 12.1. The van der Waals surface area contributed by atoms with E-state index in [0.29, 0.717) is 18.9 Å². The first-order valence-electron chi connectivity index (χ1n) is 7.50. The van der Waals surface area contributed by atoms with Gasteiger partial charge in [-0.2, -0.15) is 0 Å². The SMILES string of the molecule is CS(=O)(=O)C1C[C@H](CCNc2noc(=O)[nH]2)Cc2ccccc21. The number of nitrogens with zero attached hydrogens (tertiary/aromatic N) is 1. The van der Waals surface area contributed by atoms with Crippen LogP contribution in [-0.4, -0.2) is 31.4 Å². The number of fused-ring (bicyclic) bond motifs is 1. The molecule has 0 fully saturated rings. The molecule has 1 aromatic carbocycles. The lowest BCUT2D eigenvalue weighted by Crippen LogP contribution is -2.25. The molecule has 1 aromatic heterocycles. The minimum absolute atomic E-state index is 0.260. The molecule has 0 amide bonds. The first-order chi connectivity index (χ1) is 10.9. The molecule has 3 rings (SSSR count). The van der Waals surface area contributed by atoms with Crippen molar-refractivity contribution in [2.75, 3.05) is 18.1 Å². The standard InChI is InChI=1S/C15H19N3O4S/c1-23(20,21)13-9-10(8-11-4-2-3-5-12(11)13)6-7-16-14-17-15(19)22-18-14/h2-5,10,13H,6-9H2,1H3,(H2,16,17,18,19)/t10-,13?/m1/s1. The van der Waals surface area contributed by atoms with E-state index >= 15 is 0 Å². The second kappa shape index (κ2) is 6.19. The normalized spacial score (nSPS) is 20.9. The number of hydrogen-bond acceptors (Lipinski definition) is 6. The lowest BCUT2D eigenvalue weighted by molar-refractivity contribution is 0.387. The van der Waals surface area contributed by atoms with E-state index in [-0.39, 0.29) is 5.92 Å². The molecule has 124 valence electrons. The summed E-state index contributed by atoms with van der Waals surface area (Å²) >= 11 is 0. The van der Waals surface area contributed by atoms with Crippen molar-refractivity contribution >= 4 is 15.8 Å². The second-order valence-corrected chi connectivity index (χ2v) is 8.21. The van der Waals surface area contributed by atoms with Crippen LogP contribution in [0, 0.1) is 5.92 Å². The van der Waals surface area contributed by atoms with Crippen molar-refractivity contribution in [2.45, 2.75) is 24.5 Å². The predicted octanol–water partition coefficient (Wildman–Crippen LogP) is 1.51. The summed E-state index contributed by atoms with van der Waals surface area (Å²) in [7, 11) is -3.14. The van der Waals surface area contributed by atoms with Gasteiger partial charge >= 0.3 is 5.76 Å². The van der Waals surface area contributed by atoms with E-state index in [0.717, 1.165) is 24.0 Å². The number of sulfone groups is 1. The van der Waals surface area contributed by atoms with Gasteiger partial charge in [0.15, 0.2) is 9.84 Å². The largest absolute Gasteiger partial charge is 0.440 e. The van der Waals surface area contributed by atoms with Crippen LogP contribution in [0.1, 0.15) is 29.2 Å². The molecule has 1 heterocycles. The maximum atomic E-state index is 12.1. The Morgan fingerprint density at radius 3 is 2.87 bits per heavy atom. The van der Waals surface area contributed by atoms with Gasteiger partial charge in [-0.3, -0.25) is 9.51 Å². The molecule has 0 aliphatic heterocycles. The van der Waals surface area contributed by atoms with Crippen LogP contribution in [0.25, 0.3) is 0 Å². The molecule has 0 saturated heterocycles. The van der Waals surface area contributed by atoms with Crippen LogP contribution in [0.3, 0.4) is 0 Å². The molecule has 23 heavy (non-hydrogen) atoms. The van der Waals surface area contributed by atoms with Gasteiger partial charge in [-0.05, 0) is 41.5 Å². The van der Waals surface area contributed by atoms with E-state index in [4.69, 9.17) is 0 Å². The van der Waals surface area contributed by atoms with Gasteiger partial charge in [-0.1, -0.05) is 24.3 Å². The third kappa shape index (κ3) is 3.64. The minimum Gasteiger partial charge on any atom is -0.353 e. The van der Waals surface area contributed by atoms with Gasteiger partial charge in [0.25, 0.3) is 0 Å². The average Bonchev–Trinajstić information content (AvgIpc) is 2.91.